The second-order valence-corrected chi connectivity index (χ2v) is 6.01. The molecule has 1 aromatic heterocycles. The van der Waals surface area contributed by atoms with Crippen LogP contribution in [0.15, 0.2) is 57.7 Å². The highest BCUT2D eigenvalue weighted by atomic mass is 16.5. The Morgan fingerprint density at radius 3 is 2.78 bits per heavy atom. The maximum atomic E-state index is 12.4. The highest BCUT2D eigenvalue weighted by Gasteiger charge is 2.17. The summed E-state index contributed by atoms with van der Waals surface area (Å²) < 4.78 is 10.9. The Morgan fingerprint density at radius 1 is 1.26 bits per heavy atom. The molecule has 1 N–H and O–H groups in total. The molecule has 6 heteroatoms. The third-order valence-electron chi connectivity index (χ3n) is 4.17. The monoisotopic (exact) mass is 362 g/mol. The van der Waals surface area contributed by atoms with Crippen LogP contribution >= 0.6 is 0 Å². The normalized spacial score (nSPS) is 11.6. The number of nitriles is 1. The molecule has 0 saturated heterocycles. The summed E-state index contributed by atoms with van der Waals surface area (Å²) in [7, 11) is 0. The second-order valence-electron chi connectivity index (χ2n) is 6.01. The predicted octanol–water partition coefficient (Wildman–Crippen LogP) is 3.63. The summed E-state index contributed by atoms with van der Waals surface area (Å²) in [6.07, 6.45) is -0.102. The lowest BCUT2D eigenvalue weighted by Gasteiger charge is -2.15. The largest absolute Gasteiger partial charge is 0.481 e. The van der Waals surface area contributed by atoms with Crippen molar-refractivity contribution < 1.29 is 13.9 Å². The van der Waals surface area contributed by atoms with Gasteiger partial charge in [-0.25, -0.2) is 4.79 Å². The van der Waals surface area contributed by atoms with Crippen LogP contribution < -0.4 is 15.7 Å². The molecule has 1 atom stereocenters. The number of carbonyl (C=O) groups is 1. The molecule has 136 valence electrons. The van der Waals surface area contributed by atoms with Crippen LogP contribution in [0.4, 0.5) is 5.69 Å². The van der Waals surface area contributed by atoms with Gasteiger partial charge in [-0.05, 0) is 43.2 Å². The lowest BCUT2D eigenvalue weighted by atomic mass is 10.1. The summed E-state index contributed by atoms with van der Waals surface area (Å²) in [4.78, 5) is 24.1. The SMILES string of the molecule is CCc1cc(=O)oc2cc(O[C@H](C)C(=O)Nc3ccccc3C#N)ccc12. The molecular formula is C21H18N2O4. The van der Waals surface area contributed by atoms with Crippen molar-refractivity contribution in [2.75, 3.05) is 5.32 Å². The van der Waals surface area contributed by atoms with Crippen molar-refractivity contribution in [2.45, 2.75) is 26.4 Å². The third kappa shape index (κ3) is 3.98. The highest BCUT2D eigenvalue weighted by Crippen LogP contribution is 2.24. The van der Waals surface area contributed by atoms with Crippen molar-refractivity contribution >= 4 is 22.6 Å². The van der Waals surface area contributed by atoms with Gasteiger partial charge < -0.3 is 14.5 Å². The van der Waals surface area contributed by atoms with Gasteiger partial charge in [-0.15, -0.1) is 0 Å². The average molecular weight is 362 g/mol. The zero-order chi connectivity index (χ0) is 19.4. The minimum absolute atomic E-state index is 0.373. The molecule has 0 bridgehead atoms. The summed E-state index contributed by atoms with van der Waals surface area (Å²) >= 11 is 0. The number of aryl methyl sites for hydroxylation is 1. The van der Waals surface area contributed by atoms with Crippen molar-refractivity contribution in [3.05, 3.63) is 70.1 Å². The molecule has 2 aromatic carbocycles. The zero-order valence-corrected chi connectivity index (χ0v) is 15.0. The molecule has 3 aromatic rings. The molecule has 0 spiro atoms. The molecule has 6 nitrogen and oxygen atoms in total. The van der Waals surface area contributed by atoms with E-state index >= 15 is 0 Å². The van der Waals surface area contributed by atoms with E-state index in [4.69, 9.17) is 14.4 Å². The molecule has 27 heavy (non-hydrogen) atoms. The van der Waals surface area contributed by atoms with Gasteiger partial charge in [0.15, 0.2) is 6.10 Å². The van der Waals surface area contributed by atoms with E-state index in [1.165, 1.54) is 6.07 Å². The number of hydrogen-bond donors (Lipinski definition) is 1. The molecule has 0 aliphatic carbocycles. The summed E-state index contributed by atoms with van der Waals surface area (Å²) in [5, 5.41) is 12.6. The minimum Gasteiger partial charge on any atom is -0.481 e. The number of nitrogens with zero attached hydrogens (tertiary/aromatic N) is 1. The first-order valence-electron chi connectivity index (χ1n) is 8.55. The predicted molar refractivity (Wildman–Crippen MR) is 102 cm³/mol. The number of anilines is 1. The van der Waals surface area contributed by atoms with Crippen LogP contribution in [0.5, 0.6) is 5.75 Å². The topological polar surface area (TPSA) is 92.3 Å². The fraction of sp³-hybridized carbons (Fsp3) is 0.190. The van der Waals surface area contributed by atoms with Gasteiger partial charge in [0, 0.05) is 17.5 Å². The number of benzene rings is 2. The summed E-state index contributed by atoms with van der Waals surface area (Å²) in [6.45, 7) is 3.57. The fourth-order valence-electron chi connectivity index (χ4n) is 2.76. The van der Waals surface area contributed by atoms with E-state index in [1.54, 1.807) is 43.3 Å². The van der Waals surface area contributed by atoms with Crippen LogP contribution in [0.25, 0.3) is 11.0 Å². The first-order chi connectivity index (χ1) is 13.0. The van der Waals surface area contributed by atoms with Crippen molar-refractivity contribution in [1.82, 2.24) is 0 Å². The van der Waals surface area contributed by atoms with Crippen LogP contribution in [0.3, 0.4) is 0 Å². The Balaban J connectivity index is 1.79. The summed E-state index contributed by atoms with van der Waals surface area (Å²) in [6, 6.07) is 15.4. The van der Waals surface area contributed by atoms with Crippen molar-refractivity contribution in [3.63, 3.8) is 0 Å². The second kappa shape index (κ2) is 7.75. The van der Waals surface area contributed by atoms with E-state index < -0.39 is 11.7 Å². The lowest BCUT2D eigenvalue weighted by Crippen LogP contribution is -2.30. The Morgan fingerprint density at radius 2 is 2.04 bits per heavy atom. The number of nitrogens with one attached hydrogen (secondary N) is 1. The van der Waals surface area contributed by atoms with Gasteiger partial charge in [0.05, 0.1) is 11.3 Å². The molecule has 1 amide bonds. The number of amides is 1. The number of ether oxygens (including phenoxy) is 1. The molecule has 0 aliphatic heterocycles. The fourth-order valence-corrected chi connectivity index (χ4v) is 2.76. The van der Waals surface area contributed by atoms with Crippen molar-refractivity contribution in [3.8, 4) is 11.8 Å². The molecular weight excluding hydrogens is 344 g/mol. The molecule has 3 rings (SSSR count). The Bertz CT molecular complexity index is 1100. The van der Waals surface area contributed by atoms with E-state index in [-0.39, 0.29) is 5.91 Å². The van der Waals surface area contributed by atoms with Crippen LogP contribution in [-0.2, 0) is 11.2 Å². The minimum atomic E-state index is -0.810. The first-order valence-corrected chi connectivity index (χ1v) is 8.55. The van der Waals surface area contributed by atoms with Crippen LogP contribution in [0.2, 0.25) is 0 Å². The van der Waals surface area contributed by atoms with Gasteiger partial charge in [0.25, 0.3) is 5.91 Å². The van der Waals surface area contributed by atoms with Crippen molar-refractivity contribution in [2.24, 2.45) is 0 Å². The van der Waals surface area contributed by atoms with E-state index in [2.05, 4.69) is 5.32 Å². The summed E-state index contributed by atoms with van der Waals surface area (Å²) in [5.74, 6) is 0.0247. The number of para-hydroxylation sites is 1. The van der Waals surface area contributed by atoms with Crippen LogP contribution in [-0.4, -0.2) is 12.0 Å². The first kappa shape index (κ1) is 18.2. The Hall–Kier alpha value is -3.59. The summed E-state index contributed by atoms with van der Waals surface area (Å²) in [5.41, 5.74) is 1.69. The molecule has 0 unspecified atom stereocenters. The molecule has 0 fully saturated rings. The van der Waals surface area contributed by atoms with Gasteiger partial charge >= 0.3 is 5.63 Å². The van der Waals surface area contributed by atoms with E-state index in [0.29, 0.717) is 29.0 Å². The smallest absolute Gasteiger partial charge is 0.336 e. The van der Waals surface area contributed by atoms with Gasteiger partial charge in [-0.1, -0.05) is 19.1 Å². The highest BCUT2D eigenvalue weighted by molar-refractivity contribution is 5.95. The number of hydrogen-bond acceptors (Lipinski definition) is 5. The van der Waals surface area contributed by atoms with Crippen LogP contribution in [0, 0.1) is 11.3 Å². The standard InChI is InChI=1S/C21H18N2O4/c1-3-14-10-20(24)27-19-11-16(8-9-17(14)19)26-13(2)21(25)23-18-7-5-4-6-15(18)12-22/h4-11,13H,3H2,1-2H3,(H,23,25)/t13-/m1/s1. The molecule has 1 heterocycles. The lowest BCUT2D eigenvalue weighted by molar-refractivity contribution is -0.122. The van der Waals surface area contributed by atoms with E-state index in [0.717, 1.165) is 10.9 Å². The Kier molecular flexibility index (Phi) is 5.23. The molecule has 0 radical (unpaired) electrons. The van der Waals surface area contributed by atoms with Gasteiger partial charge in [0.1, 0.15) is 17.4 Å². The van der Waals surface area contributed by atoms with Gasteiger partial charge in [0.2, 0.25) is 0 Å². The number of carbonyl (C=O) groups excluding carboxylic acids is 1. The molecule has 0 aliphatic rings. The van der Waals surface area contributed by atoms with Gasteiger partial charge in [-0.3, -0.25) is 4.79 Å². The van der Waals surface area contributed by atoms with Crippen molar-refractivity contribution in [1.29, 1.82) is 5.26 Å². The van der Waals surface area contributed by atoms with E-state index in [9.17, 15) is 9.59 Å². The maximum Gasteiger partial charge on any atom is 0.336 e. The third-order valence-corrected chi connectivity index (χ3v) is 4.17. The quantitative estimate of drug-likeness (QED) is 0.700. The molecule has 0 saturated carbocycles. The maximum absolute atomic E-state index is 12.4. The van der Waals surface area contributed by atoms with Crippen LogP contribution in [0.1, 0.15) is 25.0 Å². The average Bonchev–Trinajstić information content (AvgIpc) is 2.67. The zero-order valence-electron chi connectivity index (χ0n) is 15.0. The van der Waals surface area contributed by atoms with E-state index in [1.807, 2.05) is 19.1 Å². The number of fused-ring (bicyclic) bond motifs is 1. The van der Waals surface area contributed by atoms with Gasteiger partial charge in [-0.2, -0.15) is 5.26 Å². The Labute approximate surface area is 156 Å². The number of rotatable bonds is 5.